The van der Waals surface area contributed by atoms with Gasteiger partial charge in [-0.05, 0) is 31.3 Å². The number of hydrogen-bond donors (Lipinski definition) is 1. The fraction of sp³-hybridized carbons (Fsp3) is 0.375. The van der Waals surface area contributed by atoms with Crippen LogP contribution in [-0.4, -0.2) is 67.3 Å². The van der Waals surface area contributed by atoms with Crippen molar-refractivity contribution in [2.75, 3.05) is 45.4 Å². The van der Waals surface area contributed by atoms with E-state index in [9.17, 15) is 4.79 Å². The molecule has 0 radical (unpaired) electrons. The van der Waals surface area contributed by atoms with Crippen molar-refractivity contribution in [3.63, 3.8) is 0 Å². The van der Waals surface area contributed by atoms with Crippen LogP contribution in [-0.2, 0) is 4.79 Å². The van der Waals surface area contributed by atoms with Crippen molar-refractivity contribution in [3.8, 4) is 11.5 Å². The molecule has 174 valence electrons. The van der Waals surface area contributed by atoms with Crippen LogP contribution < -0.4 is 14.8 Å². The minimum atomic E-state index is -0.441. The molecule has 0 atom stereocenters. The van der Waals surface area contributed by atoms with Gasteiger partial charge in [0.15, 0.2) is 17.2 Å². The minimum absolute atomic E-state index is 0.130. The molecule has 1 fully saturated rings. The first-order valence-corrected chi connectivity index (χ1v) is 12.1. The SMILES string of the molecule is COc1ccc(NC(=O)CSC2=NC3(CCN(C)CC3)N=C2c2ccc(Cl)cc2)cc1OC. The van der Waals surface area contributed by atoms with Crippen molar-refractivity contribution in [2.24, 2.45) is 9.98 Å². The van der Waals surface area contributed by atoms with E-state index in [-0.39, 0.29) is 11.7 Å². The largest absolute Gasteiger partial charge is 0.493 e. The lowest BCUT2D eigenvalue weighted by Gasteiger charge is -2.33. The quantitative estimate of drug-likeness (QED) is 0.656. The third kappa shape index (κ3) is 5.51. The summed E-state index contributed by atoms with van der Waals surface area (Å²) in [5.41, 5.74) is 2.00. The average Bonchev–Trinajstić information content (AvgIpc) is 3.18. The minimum Gasteiger partial charge on any atom is -0.493 e. The van der Waals surface area contributed by atoms with E-state index in [2.05, 4.69) is 17.3 Å². The number of likely N-dealkylation sites (tertiary alicyclic amines) is 1. The number of amides is 1. The number of thioether (sulfide) groups is 1. The van der Waals surface area contributed by atoms with Crippen LogP contribution in [0.2, 0.25) is 5.02 Å². The fourth-order valence-corrected chi connectivity index (χ4v) is 4.87. The van der Waals surface area contributed by atoms with Gasteiger partial charge in [0.05, 0.1) is 25.7 Å². The molecule has 2 aromatic rings. The van der Waals surface area contributed by atoms with Crippen molar-refractivity contribution >= 4 is 45.7 Å². The van der Waals surface area contributed by atoms with Gasteiger partial charge in [-0.3, -0.25) is 9.79 Å². The van der Waals surface area contributed by atoms with Crippen molar-refractivity contribution in [1.29, 1.82) is 0 Å². The predicted octanol–water partition coefficient (Wildman–Crippen LogP) is 4.35. The highest BCUT2D eigenvalue weighted by molar-refractivity contribution is 8.16. The van der Waals surface area contributed by atoms with Crippen LogP contribution in [0.25, 0.3) is 0 Å². The van der Waals surface area contributed by atoms with Gasteiger partial charge in [0.1, 0.15) is 5.04 Å². The summed E-state index contributed by atoms with van der Waals surface area (Å²) in [7, 11) is 5.25. The third-order valence-electron chi connectivity index (χ3n) is 5.74. The van der Waals surface area contributed by atoms with Crippen LogP contribution in [0.15, 0.2) is 52.4 Å². The second kappa shape index (κ2) is 10.2. The fourth-order valence-electron chi connectivity index (χ4n) is 3.86. The third-order valence-corrected chi connectivity index (χ3v) is 6.96. The Labute approximate surface area is 203 Å². The highest BCUT2D eigenvalue weighted by Crippen LogP contribution is 2.35. The first-order chi connectivity index (χ1) is 15.9. The second-order valence-electron chi connectivity index (χ2n) is 8.08. The Kier molecular flexibility index (Phi) is 7.26. The molecular formula is C24H27ClN4O3S. The van der Waals surface area contributed by atoms with E-state index in [1.807, 2.05) is 24.3 Å². The first-order valence-electron chi connectivity index (χ1n) is 10.7. The van der Waals surface area contributed by atoms with Crippen molar-refractivity contribution in [1.82, 2.24) is 4.90 Å². The summed E-state index contributed by atoms with van der Waals surface area (Å²) < 4.78 is 10.6. The zero-order valence-electron chi connectivity index (χ0n) is 18.9. The van der Waals surface area contributed by atoms with Crippen LogP contribution in [0.4, 0.5) is 5.69 Å². The number of nitrogens with zero attached hydrogens (tertiary/aromatic N) is 3. The number of halogens is 1. The normalized spacial score (nSPS) is 17.5. The topological polar surface area (TPSA) is 75.5 Å². The number of rotatable bonds is 6. The number of methoxy groups -OCH3 is 2. The van der Waals surface area contributed by atoms with Gasteiger partial charge in [-0.25, -0.2) is 4.99 Å². The highest BCUT2D eigenvalue weighted by atomic mass is 35.5. The first kappa shape index (κ1) is 23.6. The number of hydrogen-bond acceptors (Lipinski definition) is 7. The molecule has 1 spiro atoms. The molecule has 0 aliphatic carbocycles. The monoisotopic (exact) mass is 486 g/mol. The lowest BCUT2D eigenvalue weighted by Crippen LogP contribution is -2.39. The van der Waals surface area contributed by atoms with E-state index >= 15 is 0 Å². The van der Waals surface area contributed by atoms with Gasteiger partial charge in [0.25, 0.3) is 0 Å². The number of nitrogens with one attached hydrogen (secondary N) is 1. The summed E-state index contributed by atoms with van der Waals surface area (Å²) in [6, 6.07) is 12.9. The van der Waals surface area contributed by atoms with Crippen LogP contribution in [0.3, 0.4) is 0 Å². The highest BCUT2D eigenvalue weighted by Gasteiger charge is 2.39. The molecule has 2 aromatic carbocycles. The summed E-state index contributed by atoms with van der Waals surface area (Å²) >= 11 is 7.49. The molecule has 1 amide bonds. The maximum atomic E-state index is 12.7. The maximum absolute atomic E-state index is 12.7. The maximum Gasteiger partial charge on any atom is 0.234 e. The van der Waals surface area contributed by atoms with Gasteiger partial charge in [0, 0.05) is 48.3 Å². The van der Waals surface area contributed by atoms with E-state index in [0.717, 1.165) is 42.3 Å². The number of ether oxygens (including phenoxy) is 2. The molecule has 1 saturated heterocycles. The summed E-state index contributed by atoms with van der Waals surface area (Å²) in [6.45, 7) is 1.89. The van der Waals surface area contributed by atoms with E-state index in [1.54, 1.807) is 32.4 Å². The van der Waals surface area contributed by atoms with Crippen LogP contribution in [0, 0.1) is 0 Å². The molecule has 0 saturated carbocycles. The Morgan fingerprint density at radius 1 is 1.09 bits per heavy atom. The molecule has 2 aliphatic heterocycles. The molecule has 33 heavy (non-hydrogen) atoms. The molecule has 0 bridgehead atoms. The van der Waals surface area contributed by atoms with Gasteiger partial charge in [0.2, 0.25) is 5.91 Å². The second-order valence-corrected chi connectivity index (χ2v) is 9.48. The molecule has 2 heterocycles. The van der Waals surface area contributed by atoms with Crippen molar-refractivity contribution in [3.05, 3.63) is 53.1 Å². The van der Waals surface area contributed by atoms with E-state index in [0.29, 0.717) is 22.2 Å². The van der Waals surface area contributed by atoms with Gasteiger partial charge < -0.3 is 19.7 Å². The Morgan fingerprint density at radius 3 is 2.45 bits per heavy atom. The van der Waals surface area contributed by atoms with E-state index in [1.165, 1.54) is 11.8 Å². The van der Waals surface area contributed by atoms with E-state index in [4.69, 9.17) is 31.1 Å². The summed E-state index contributed by atoms with van der Waals surface area (Å²) in [5, 5.41) is 4.39. The molecule has 0 aromatic heterocycles. The number of aliphatic imine (C=N–C) groups is 2. The van der Waals surface area contributed by atoms with Crippen LogP contribution in [0.1, 0.15) is 18.4 Å². The number of anilines is 1. The van der Waals surface area contributed by atoms with Gasteiger partial charge in [-0.2, -0.15) is 0 Å². The summed E-state index contributed by atoms with van der Waals surface area (Å²) in [6.07, 6.45) is 1.73. The number of carbonyl (C=O) groups is 1. The lowest BCUT2D eigenvalue weighted by atomic mass is 9.99. The van der Waals surface area contributed by atoms with Crippen molar-refractivity contribution < 1.29 is 14.3 Å². The van der Waals surface area contributed by atoms with Crippen LogP contribution in [0.5, 0.6) is 11.5 Å². The van der Waals surface area contributed by atoms with Crippen LogP contribution >= 0.6 is 23.4 Å². The molecular weight excluding hydrogens is 460 g/mol. The molecule has 0 unspecified atom stereocenters. The Morgan fingerprint density at radius 2 is 1.79 bits per heavy atom. The standard InChI is InChI=1S/C24H27ClN4O3S/c1-29-12-10-24(11-13-29)27-22(16-4-6-17(25)7-5-16)23(28-24)33-15-21(30)26-18-8-9-19(31-2)20(14-18)32-3/h4-9,14H,10-13,15H2,1-3H3,(H,26,30). The summed E-state index contributed by atoms with van der Waals surface area (Å²) in [4.78, 5) is 25.1. The molecule has 7 nitrogen and oxygen atoms in total. The smallest absolute Gasteiger partial charge is 0.234 e. The zero-order valence-corrected chi connectivity index (χ0v) is 20.5. The Hall–Kier alpha value is -2.55. The number of piperidine rings is 1. The molecule has 2 aliphatic rings. The van der Waals surface area contributed by atoms with Gasteiger partial charge in [-0.15, -0.1) is 0 Å². The van der Waals surface area contributed by atoms with Crippen molar-refractivity contribution in [2.45, 2.75) is 18.5 Å². The summed E-state index contributed by atoms with van der Waals surface area (Å²) in [5.74, 6) is 1.26. The van der Waals surface area contributed by atoms with Gasteiger partial charge in [-0.1, -0.05) is 35.5 Å². The number of carbonyl (C=O) groups excluding carboxylic acids is 1. The Bertz CT molecular complexity index is 1080. The predicted molar refractivity (Wildman–Crippen MR) is 136 cm³/mol. The zero-order chi connectivity index (χ0) is 23.4. The van der Waals surface area contributed by atoms with E-state index < -0.39 is 5.66 Å². The van der Waals surface area contributed by atoms with Gasteiger partial charge >= 0.3 is 0 Å². The lowest BCUT2D eigenvalue weighted by molar-refractivity contribution is -0.113. The Balaban J connectivity index is 1.48. The number of benzene rings is 2. The molecule has 4 rings (SSSR count). The molecule has 1 N–H and O–H groups in total. The molecule has 9 heteroatoms. The average molecular weight is 487 g/mol.